The smallest absolute Gasteiger partial charge is 0.130 e. The molecule has 82 valence electrons. The van der Waals surface area contributed by atoms with E-state index < -0.39 is 0 Å². The predicted octanol–water partition coefficient (Wildman–Crippen LogP) is 2.80. The first-order valence-corrected chi connectivity index (χ1v) is 6.49. The molecule has 0 spiro atoms. The molecule has 0 radical (unpaired) electrons. The zero-order valence-corrected chi connectivity index (χ0v) is 9.89. The van der Waals surface area contributed by atoms with Crippen molar-refractivity contribution in [2.45, 2.75) is 30.7 Å². The number of aromatic nitrogens is 2. The van der Waals surface area contributed by atoms with E-state index in [2.05, 4.69) is 15.3 Å². The van der Waals surface area contributed by atoms with Crippen LogP contribution < -0.4 is 5.32 Å². The van der Waals surface area contributed by atoms with Crippen LogP contribution in [-0.4, -0.2) is 22.8 Å². The first-order chi connectivity index (χ1) is 7.38. The van der Waals surface area contributed by atoms with E-state index in [9.17, 15) is 0 Å². The molecule has 0 aromatic carbocycles. The fourth-order valence-corrected chi connectivity index (χ4v) is 2.99. The Hall–Kier alpha value is -0.770. The van der Waals surface area contributed by atoms with E-state index in [0.717, 1.165) is 16.8 Å². The van der Waals surface area contributed by atoms with Gasteiger partial charge in [-0.25, -0.2) is 9.97 Å². The molecule has 0 saturated heterocycles. The molecule has 15 heavy (non-hydrogen) atoms. The third-order valence-corrected chi connectivity index (χ3v) is 4.00. The molecule has 1 heterocycles. The Morgan fingerprint density at radius 3 is 2.93 bits per heavy atom. The van der Waals surface area contributed by atoms with Crippen LogP contribution in [0.2, 0.25) is 0 Å². The minimum absolute atomic E-state index is 0.902. The summed E-state index contributed by atoms with van der Waals surface area (Å²) in [7, 11) is 1.88. The number of anilines is 1. The van der Waals surface area contributed by atoms with Crippen molar-refractivity contribution in [3.05, 3.63) is 12.4 Å². The molecule has 4 heteroatoms. The molecular formula is C11H17N3S. The molecule has 1 saturated carbocycles. The topological polar surface area (TPSA) is 37.8 Å². The quantitative estimate of drug-likeness (QED) is 0.629. The highest BCUT2D eigenvalue weighted by Gasteiger charge is 2.15. The van der Waals surface area contributed by atoms with Crippen molar-refractivity contribution in [1.82, 2.24) is 9.97 Å². The van der Waals surface area contributed by atoms with Crippen molar-refractivity contribution in [3.8, 4) is 0 Å². The molecule has 1 aliphatic carbocycles. The Balaban J connectivity index is 1.86. The Bertz CT molecular complexity index is 310. The van der Waals surface area contributed by atoms with E-state index in [1.807, 2.05) is 24.9 Å². The maximum absolute atomic E-state index is 4.26. The largest absolute Gasteiger partial charge is 0.373 e. The van der Waals surface area contributed by atoms with Gasteiger partial charge in [-0.15, -0.1) is 11.8 Å². The van der Waals surface area contributed by atoms with Crippen LogP contribution in [0.4, 0.5) is 5.82 Å². The van der Waals surface area contributed by atoms with Crippen LogP contribution in [0.25, 0.3) is 0 Å². The Morgan fingerprint density at radius 2 is 2.20 bits per heavy atom. The molecule has 0 unspecified atom stereocenters. The van der Waals surface area contributed by atoms with Gasteiger partial charge < -0.3 is 5.32 Å². The fourth-order valence-electron chi connectivity index (χ4n) is 1.94. The molecule has 1 N–H and O–H groups in total. The number of hydrogen-bond acceptors (Lipinski definition) is 4. The van der Waals surface area contributed by atoms with E-state index >= 15 is 0 Å². The highest BCUT2D eigenvalue weighted by molar-refractivity contribution is 7.99. The summed E-state index contributed by atoms with van der Waals surface area (Å²) in [5, 5.41) is 4.12. The van der Waals surface area contributed by atoms with Crippen LogP contribution >= 0.6 is 11.8 Å². The summed E-state index contributed by atoms with van der Waals surface area (Å²) in [6, 6.07) is 2.01. The van der Waals surface area contributed by atoms with Gasteiger partial charge >= 0.3 is 0 Å². The summed E-state index contributed by atoms with van der Waals surface area (Å²) in [6.45, 7) is 0. The highest BCUT2D eigenvalue weighted by Crippen LogP contribution is 2.30. The van der Waals surface area contributed by atoms with Crippen LogP contribution in [0.1, 0.15) is 25.7 Å². The lowest BCUT2D eigenvalue weighted by Gasteiger charge is -2.07. The average Bonchev–Trinajstić information content (AvgIpc) is 2.79. The van der Waals surface area contributed by atoms with Gasteiger partial charge in [0.05, 0.1) is 0 Å². The molecule has 0 aliphatic heterocycles. The molecule has 1 aromatic heterocycles. The number of thioether (sulfide) groups is 1. The molecular weight excluding hydrogens is 206 g/mol. The van der Waals surface area contributed by atoms with Crippen LogP contribution in [-0.2, 0) is 0 Å². The second kappa shape index (κ2) is 5.35. The summed E-state index contributed by atoms with van der Waals surface area (Å²) in [6.07, 6.45) is 7.25. The lowest BCUT2D eigenvalue weighted by Crippen LogP contribution is -1.98. The third kappa shape index (κ3) is 3.09. The highest BCUT2D eigenvalue weighted by atomic mass is 32.2. The summed E-state index contributed by atoms with van der Waals surface area (Å²) >= 11 is 1.86. The van der Waals surface area contributed by atoms with Crippen LogP contribution in [0.3, 0.4) is 0 Å². The average molecular weight is 223 g/mol. The van der Waals surface area contributed by atoms with Crippen LogP contribution in [0.15, 0.2) is 17.4 Å². The predicted molar refractivity (Wildman–Crippen MR) is 64.3 cm³/mol. The van der Waals surface area contributed by atoms with E-state index in [-0.39, 0.29) is 0 Å². The van der Waals surface area contributed by atoms with Gasteiger partial charge in [-0.1, -0.05) is 12.8 Å². The number of nitrogens with zero attached hydrogens (tertiary/aromatic N) is 2. The Morgan fingerprint density at radius 1 is 1.40 bits per heavy atom. The second-order valence-corrected chi connectivity index (χ2v) is 4.99. The molecule has 1 fully saturated rings. The lowest BCUT2D eigenvalue weighted by atomic mass is 10.1. The van der Waals surface area contributed by atoms with E-state index in [0.29, 0.717) is 0 Å². The molecule has 1 aromatic rings. The van der Waals surface area contributed by atoms with E-state index in [1.165, 1.54) is 31.4 Å². The van der Waals surface area contributed by atoms with E-state index in [4.69, 9.17) is 0 Å². The van der Waals surface area contributed by atoms with Gasteiger partial charge in [0.1, 0.15) is 17.2 Å². The molecule has 0 atom stereocenters. The molecule has 3 nitrogen and oxygen atoms in total. The van der Waals surface area contributed by atoms with Gasteiger partial charge in [-0.3, -0.25) is 0 Å². The number of rotatable bonds is 4. The summed E-state index contributed by atoms with van der Waals surface area (Å²) < 4.78 is 0. The maximum atomic E-state index is 4.26. The fraction of sp³-hybridized carbons (Fsp3) is 0.636. The Labute approximate surface area is 95.1 Å². The minimum atomic E-state index is 0.902. The zero-order valence-electron chi connectivity index (χ0n) is 9.07. The van der Waals surface area contributed by atoms with Crippen molar-refractivity contribution in [3.63, 3.8) is 0 Å². The number of hydrogen-bond donors (Lipinski definition) is 1. The monoisotopic (exact) mass is 223 g/mol. The van der Waals surface area contributed by atoms with E-state index in [1.54, 1.807) is 6.33 Å². The normalized spacial score (nSPS) is 16.9. The molecule has 1 aliphatic rings. The SMILES string of the molecule is CNc1cc(SCC2CCCC2)ncn1. The Kier molecular flexibility index (Phi) is 3.83. The first kappa shape index (κ1) is 10.7. The van der Waals surface area contributed by atoms with Crippen molar-refractivity contribution < 1.29 is 0 Å². The van der Waals surface area contributed by atoms with Gasteiger partial charge in [0.2, 0.25) is 0 Å². The first-order valence-electron chi connectivity index (χ1n) is 5.51. The minimum Gasteiger partial charge on any atom is -0.373 e. The summed E-state index contributed by atoms with van der Waals surface area (Å²) in [4.78, 5) is 8.36. The van der Waals surface area contributed by atoms with Crippen molar-refractivity contribution >= 4 is 17.6 Å². The maximum Gasteiger partial charge on any atom is 0.130 e. The van der Waals surface area contributed by atoms with Gasteiger partial charge in [0.15, 0.2) is 0 Å². The summed E-state index contributed by atoms with van der Waals surface area (Å²) in [5.41, 5.74) is 0. The van der Waals surface area contributed by atoms with Crippen molar-refractivity contribution in [2.75, 3.05) is 18.1 Å². The molecule has 0 bridgehead atoms. The van der Waals surface area contributed by atoms with Gasteiger partial charge in [-0.2, -0.15) is 0 Å². The van der Waals surface area contributed by atoms with Crippen molar-refractivity contribution in [1.29, 1.82) is 0 Å². The standard InChI is InChI=1S/C11H17N3S/c1-12-10-6-11(14-8-13-10)15-7-9-4-2-3-5-9/h6,8-9H,2-5,7H2,1H3,(H,12,13,14). The van der Waals surface area contributed by atoms with Gasteiger partial charge in [-0.05, 0) is 18.8 Å². The van der Waals surface area contributed by atoms with Gasteiger partial charge in [0, 0.05) is 18.9 Å². The van der Waals surface area contributed by atoms with Crippen molar-refractivity contribution in [2.24, 2.45) is 5.92 Å². The molecule has 0 amide bonds. The second-order valence-electron chi connectivity index (χ2n) is 3.95. The van der Waals surface area contributed by atoms with Gasteiger partial charge in [0.25, 0.3) is 0 Å². The lowest BCUT2D eigenvalue weighted by molar-refractivity contribution is 0.623. The third-order valence-electron chi connectivity index (χ3n) is 2.84. The zero-order chi connectivity index (χ0) is 10.5. The molecule has 2 rings (SSSR count). The van der Waals surface area contributed by atoms with Crippen LogP contribution in [0.5, 0.6) is 0 Å². The number of nitrogens with one attached hydrogen (secondary N) is 1. The summed E-state index contributed by atoms with van der Waals surface area (Å²) in [5.74, 6) is 3.02. The van der Waals surface area contributed by atoms with Crippen LogP contribution in [0, 0.1) is 5.92 Å².